The summed E-state index contributed by atoms with van der Waals surface area (Å²) in [7, 11) is 0. The van der Waals surface area contributed by atoms with Gasteiger partial charge in [-0.15, -0.1) is 0 Å². The fourth-order valence-electron chi connectivity index (χ4n) is 3.23. The topological polar surface area (TPSA) is 38.8 Å². The Balaban J connectivity index is 1.62. The van der Waals surface area contributed by atoms with Gasteiger partial charge in [0.05, 0.1) is 12.6 Å². The zero-order valence-corrected chi connectivity index (χ0v) is 14.9. The van der Waals surface area contributed by atoms with E-state index in [-0.39, 0.29) is 18.6 Å². The first-order valence-corrected chi connectivity index (χ1v) is 8.89. The number of rotatable bonds is 6. The standard InChI is InChI=1S/C21H25NO3/c1-3-24-18-12-8-17(9-13-18)20-5-4-14-22(20)21(23)15-25-19-10-6-16(2)7-11-19/h6-13,20H,3-5,14-15H2,1-2H3. The first kappa shape index (κ1) is 17.3. The van der Waals surface area contributed by atoms with Crippen LogP contribution < -0.4 is 9.47 Å². The summed E-state index contributed by atoms with van der Waals surface area (Å²) in [4.78, 5) is 14.5. The molecule has 1 aliphatic rings. The number of aryl methyl sites for hydroxylation is 1. The van der Waals surface area contributed by atoms with E-state index in [0.29, 0.717) is 6.61 Å². The predicted molar refractivity (Wildman–Crippen MR) is 98.0 cm³/mol. The second kappa shape index (κ2) is 8.06. The maximum Gasteiger partial charge on any atom is 0.261 e. The minimum Gasteiger partial charge on any atom is -0.494 e. The first-order valence-electron chi connectivity index (χ1n) is 8.89. The van der Waals surface area contributed by atoms with Gasteiger partial charge in [-0.1, -0.05) is 29.8 Å². The number of ether oxygens (including phenoxy) is 2. The van der Waals surface area contributed by atoms with Crippen molar-refractivity contribution in [2.75, 3.05) is 19.8 Å². The summed E-state index contributed by atoms with van der Waals surface area (Å²) in [6.45, 7) is 5.52. The molecule has 3 rings (SSSR count). The molecule has 0 saturated carbocycles. The summed E-state index contributed by atoms with van der Waals surface area (Å²) in [5, 5.41) is 0. The minimum absolute atomic E-state index is 0.0389. The Labute approximate surface area is 149 Å². The lowest BCUT2D eigenvalue weighted by molar-refractivity contribution is -0.134. The second-order valence-corrected chi connectivity index (χ2v) is 6.35. The Morgan fingerprint density at radius 1 is 1.04 bits per heavy atom. The van der Waals surface area contributed by atoms with Crippen molar-refractivity contribution in [2.24, 2.45) is 0 Å². The number of nitrogens with zero attached hydrogens (tertiary/aromatic N) is 1. The minimum atomic E-state index is 0.0389. The van der Waals surface area contributed by atoms with Gasteiger partial charge in [-0.05, 0) is 56.5 Å². The number of benzene rings is 2. The lowest BCUT2D eigenvalue weighted by Crippen LogP contribution is -2.34. The monoisotopic (exact) mass is 339 g/mol. The van der Waals surface area contributed by atoms with Crippen molar-refractivity contribution in [3.8, 4) is 11.5 Å². The van der Waals surface area contributed by atoms with Crippen LogP contribution in [-0.4, -0.2) is 30.6 Å². The molecule has 0 aromatic heterocycles. The van der Waals surface area contributed by atoms with Crippen LogP contribution in [-0.2, 0) is 4.79 Å². The van der Waals surface area contributed by atoms with E-state index in [4.69, 9.17) is 9.47 Å². The molecule has 0 spiro atoms. The van der Waals surface area contributed by atoms with Gasteiger partial charge in [0, 0.05) is 6.54 Å². The van der Waals surface area contributed by atoms with Crippen molar-refractivity contribution in [1.29, 1.82) is 0 Å². The summed E-state index contributed by atoms with van der Waals surface area (Å²) < 4.78 is 11.2. The molecule has 1 saturated heterocycles. The third-order valence-corrected chi connectivity index (χ3v) is 4.53. The Hall–Kier alpha value is -2.49. The number of hydrogen-bond acceptors (Lipinski definition) is 3. The highest BCUT2D eigenvalue weighted by Crippen LogP contribution is 2.32. The summed E-state index contributed by atoms with van der Waals surface area (Å²) >= 11 is 0. The van der Waals surface area contributed by atoms with Crippen LogP contribution in [0.5, 0.6) is 11.5 Å². The van der Waals surface area contributed by atoms with E-state index in [1.54, 1.807) is 0 Å². The van der Waals surface area contributed by atoms with E-state index in [0.717, 1.165) is 36.4 Å². The molecule has 0 radical (unpaired) electrons. The highest BCUT2D eigenvalue weighted by atomic mass is 16.5. The summed E-state index contributed by atoms with van der Waals surface area (Å²) in [5.74, 6) is 1.64. The molecule has 25 heavy (non-hydrogen) atoms. The molecule has 1 unspecified atom stereocenters. The molecular weight excluding hydrogens is 314 g/mol. The average Bonchev–Trinajstić information content (AvgIpc) is 3.12. The van der Waals surface area contributed by atoms with Gasteiger partial charge in [0.2, 0.25) is 0 Å². The molecule has 1 amide bonds. The van der Waals surface area contributed by atoms with Crippen molar-refractivity contribution < 1.29 is 14.3 Å². The third kappa shape index (κ3) is 4.32. The molecular formula is C21H25NO3. The van der Waals surface area contributed by atoms with E-state index < -0.39 is 0 Å². The average molecular weight is 339 g/mol. The molecule has 0 bridgehead atoms. The quantitative estimate of drug-likeness (QED) is 0.794. The molecule has 0 aliphatic carbocycles. The number of carbonyl (C=O) groups excluding carboxylic acids is 1. The van der Waals surface area contributed by atoms with Gasteiger partial charge in [0.1, 0.15) is 11.5 Å². The summed E-state index contributed by atoms with van der Waals surface area (Å²) in [6.07, 6.45) is 2.01. The zero-order chi connectivity index (χ0) is 17.6. The summed E-state index contributed by atoms with van der Waals surface area (Å²) in [6, 6.07) is 16.0. The largest absolute Gasteiger partial charge is 0.494 e. The normalized spacial score (nSPS) is 16.7. The Morgan fingerprint density at radius 2 is 1.68 bits per heavy atom. The van der Waals surface area contributed by atoms with Crippen LogP contribution in [0.15, 0.2) is 48.5 Å². The molecule has 2 aromatic carbocycles. The second-order valence-electron chi connectivity index (χ2n) is 6.35. The van der Waals surface area contributed by atoms with Crippen molar-refractivity contribution in [1.82, 2.24) is 4.90 Å². The Morgan fingerprint density at radius 3 is 2.36 bits per heavy atom. The molecule has 1 aliphatic heterocycles. The van der Waals surface area contributed by atoms with Crippen LogP contribution in [0.25, 0.3) is 0 Å². The Kier molecular flexibility index (Phi) is 5.59. The predicted octanol–water partition coefficient (Wildman–Crippen LogP) is 4.14. The molecule has 2 aromatic rings. The third-order valence-electron chi connectivity index (χ3n) is 4.53. The van der Waals surface area contributed by atoms with Crippen molar-refractivity contribution >= 4 is 5.91 Å². The van der Waals surface area contributed by atoms with Gasteiger partial charge in [0.25, 0.3) is 5.91 Å². The number of carbonyl (C=O) groups is 1. The SMILES string of the molecule is CCOc1ccc(C2CCCN2C(=O)COc2ccc(C)cc2)cc1. The van der Waals surface area contributed by atoms with E-state index >= 15 is 0 Å². The molecule has 4 nitrogen and oxygen atoms in total. The van der Waals surface area contributed by atoms with Gasteiger partial charge in [-0.25, -0.2) is 0 Å². The number of amides is 1. The number of likely N-dealkylation sites (tertiary alicyclic amines) is 1. The van der Waals surface area contributed by atoms with Crippen LogP contribution in [0.4, 0.5) is 0 Å². The summed E-state index contributed by atoms with van der Waals surface area (Å²) in [5.41, 5.74) is 2.33. The molecule has 4 heteroatoms. The lowest BCUT2D eigenvalue weighted by atomic mass is 10.0. The van der Waals surface area contributed by atoms with Crippen LogP contribution >= 0.6 is 0 Å². The van der Waals surface area contributed by atoms with Crippen LogP contribution in [0.1, 0.15) is 36.9 Å². The molecule has 1 fully saturated rings. The Bertz CT molecular complexity index is 694. The van der Waals surface area contributed by atoms with Gasteiger partial charge in [0.15, 0.2) is 6.61 Å². The molecule has 1 heterocycles. The van der Waals surface area contributed by atoms with E-state index in [9.17, 15) is 4.79 Å². The van der Waals surface area contributed by atoms with Crippen LogP contribution in [0.3, 0.4) is 0 Å². The lowest BCUT2D eigenvalue weighted by Gasteiger charge is -2.25. The fraction of sp³-hybridized carbons (Fsp3) is 0.381. The highest BCUT2D eigenvalue weighted by molar-refractivity contribution is 5.78. The molecule has 1 atom stereocenters. The first-order chi connectivity index (χ1) is 12.2. The van der Waals surface area contributed by atoms with Gasteiger partial charge >= 0.3 is 0 Å². The van der Waals surface area contributed by atoms with Gasteiger partial charge in [-0.3, -0.25) is 4.79 Å². The number of hydrogen-bond donors (Lipinski definition) is 0. The van der Waals surface area contributed by atoms with Crippen molar-refractivity contribution in [3.05, 3.63) is 59.7 Å². The van der Waals surface area contributed by atoms with E-state index in [1.807, 2.05) is 55.1 Å². The maximum absolute atomic E-state index is 12.6. The molecule has 132 valence electrons. The van der Waals surface area contributed by atoms with Crippen LogP contribution in [0.2, 0.25) is 0 Å². The molecule has 0 N–H and O–H groups in total. The highest BCUT2D eigenvalue weighted by Gasteiger charge is 2.30. The van der Waals surface area contributed by atoms with E-state index in [2.05, 4.69) is 12.1 Å². The van der Waals surface area contributed by atoms with Crippen molar-refractivity contribution in [3.63, 3.8) is 0 Å². The van der Waals surface area contributed by atoms with Crippen molar-refractivity contribution in [2.45, 2.75) is 32.7 Å². The van der Waals surface area contributed by atoms with Crippen LogP contribution in [0, 0.1) is 6.92 Å². The smallest absolute Gasteiger partial charge is 0.261 e. The zero-order valence-electron chi connectivity index (χ0n) is 14.9. The maximum atomic E-state index is 12.6. The van der Waals surface area contributed by atoms with E-state index in [1.165, 1.54) is 5.56 Å². The fourth-order valence-corrected chi connectivity index (χ4v) is 3.23. The van der Waals surface area contributed by atoms with Gasteiger partial charge in [-0.2, -0.15) is 0 Å². The van der Waals surface area contributed by atoms with Gasteiger partial charge < -0.3 is 14.4 Å².